The van der Waals surface area contributed by atoms with E-state index in [1.54, 1.807) is 0 Å². The summed E-state index contributed by atoms with van der Waals surface area (Å²) in [7, 11) is 0. The van der Waals surface area contributed by atoms with Crippen LogP contribution in [0.25, 0.3) is 109 Å². The van der Waals surface area contributed by atoms with Crippen molar-refractivity contribution in [2.75, 3.05) is 4.90 Å². The summed E-state index contributed by atoms with van der Waals surface area (Å²) in [4.78, 5) is 2.46. The predicted octanol–water partition coefficient (Wildman–Crippen LogP) is 17.8. The molecular weight excluding hydrogens is 775 g/mol. The lowest BCUT2D eigenvalue weighted by molar-refractivity contribution is 0.669. The van der Waals surface area contributed by atoms with Crippen molar-refractivity contribution in [3.8, 4) is 33.4 Å². The summed E-state index contributed by atoms with van der Waals surface area (Å²) in [5.74, 6) is 0. The normalized spacial score (nSPS) is 11.8. The van der Waals surface area contributed by atoms with Gasteiger partial charge in [0.2, 0.25) is 0 Å². The molecule has 0 unspecified atom stereocenters. The maximum Gasteiger partial charge on any atom is 0.137 e. The second-order valence-corrected chi connectivity index (χ2v) is 16.8. The van der Waals surface area contributed by atoms with Crippen molar-refractivity contribution >= 4 is 92.9 Å². The monoisotopic (exact) mass is 813 g/mol. The highest BCUT2D eigenvalue weighted by Crippen LogP contribution is 2.48. The topological polar surface area (TPSA) is 16.4 Å². The number of furan rings is 1. The Morgan fingerprint density at radius 2 is 0.875 bits per heavy atom. The van der Waals surface area contributed by atoms with Gasteiger partial charge in [0, 0.05) is 16.8 Å². The maximum atomic E-state index is 6.76. The summed E-state index contributed by atoms with van der Waals surface area (Å²) in [6.45, 7) is 0. The third-order valence-corrected chi connectivity index (χ3v) is 13.2. The Balaban J connectivity index is 1.13. The minimum absolute atomic E-state index is 0.852. The number of nitrogens with zero attached hydrogens (tertiary/aromatic N) is 1. The largest absolute Gasteiger partial charge is 0.456 e. The molecule has 0 bridgehead atoms. The molecule has 0 amide bonds. The molecular formula is C62H39NO. The summed E-state index contributed by atoms with van der Waals surface area (Å²) >= 11 is 0. The molecule has 0 spiro atoms. The Labute approximate surface area is 370 Å². The fraction of sp³-hybridized carbons (Fsp3) is 0. The summed E-state index contributed by atoms with van der Waals surface area (Å²) in [6, 6.07) is 86.4. The van der Waals surface area contributed by atoms with E-state index in [1.165, 1.54) is 76.3 Å². The van der Waals surface area contributed by atoms with Gasteiger partial charge in [-0.15, -0.1) is 0 Å². The lowest BCUT2D eigenvalue weighted by atomic mass is 9.90. The van der Waals surface area contributed by atoms with Gasteiger partial charge in [-0.05, 0) is 148 Å². The number of rotatable bonds is 6. The van der Waals surface area contributed by atoms with Crippen LogP contribution in [0, 0.1) is 0 Å². The average Bonchev–Trinajstić information content (AvgIpc) is 3.73. The fourth-order valence-corrected chi connectivity index (χ4v) is 10.2. The molecule has 298 valence electrons. The minimum atomic E-state index is 0.852. The van der Waals surface area contributed by atoms with Crippen LogP contribution in [0.3, 0.4) is 0 Å². The fourth-order valence-electron chi connectivity index (χ4n) is 10.2. The second-order valence-electron chi connectivity index (χ2n) is 16.8. The second kappa shape index (κ2) is 14.6. The first-order chi connectivity index (χ1) is 31.7. The van der Waals surface area contributed by atoms with Gasteiger partial charge in [0.15, 0.2) is 0 Å². The van der Waals surface area contributed by atoms with Crippen molar-refractivity contribution in [2.24, 2.45) is 0 Å². The van der Waals surface area contributed by atoms with Gasteiger partial charge in [-0.25, -0.2) is 0 Å². The summed E-state index contributed by atoms with van der Waals surface area (Å²) in [5, 5.41) is 14.3. The van der Waals surface area contributed by atoms with Crippen molar-refractivity contribution in [1.82, 2.24) is 0 Å². The maximum absolute atomic E-state index is 6.76. The molecule has 0 aliphatic rings. The van der Waals surface area contributed by atoms with Gasteiger partial charge in [0.1, 0.15) is 11.2 Å². The minimum Gasteiger partial charge on any atom is -0.456 e. The molecule has 0 N–H and O–H groups in total. The number of hydrogen-bond donors (Lipinski definition) is 0. The smallest absolute Gasteiger partial charge is 0.137 e. The zero-order chi connectivity index (χ0) is 42.1. The molecule has 0 saturated carbocycles. The van der Waals surface area contributed by atoms with Gasteiger partial charge in [0.05, 0.1) is 11.1 Å². The first-order valence-corrected chi connectivity index (χ1v) is 22.0. The van der Waals surface area contributed by atoms with Crippen LogP contribution in [0.4, 0.5) is 17.1 Å². The van der Waals surface area contributed by atoms with Gasteiger partial charge >= 0.3 is 0 Å². The van der Waals surface area contributed by atoms with E-state index < -0.39 is 0 Å². The molecule has 1 heterocycles. The first kappa shape index (κ1) is 36.2. The molecule has 0 radical (unpaired) electrons. The molecule has 0 aliphatic heterocycles. The van der Waals surface area contributed by atoms with E-state index >= 15 is 0 Å². The van der Waals surface area contributed by atoms with Crippen LogP contribution in [-0.4, -0.2) is 0 Å². The quantitative estimate of drug-likeness (QED) is 0.156. The standard InChI is InChI=1S/C62H39NO/c1-2-16-41(17-3-1)52-32-31-48(38-55(52)47-30-29-40-15-4-5-18-42(40)33-47)63(59-27-14-28-60-62(59)58-35-43-19-6-7-20-44(43)37-61(58)64-60)49-34-45-21-8-11-24-51(45)57(39-49)56-36-46-22-9-10-23-50(46)53-25-12-13-26-54(53)56/h1-39H. The number of hydrogen-bond acceptors (Lipinski definition) is 2. The third-order valence-electron chi connectivity index (χ3n) is 13.2. The number of benzene rings is 12. The summed E-state index contributed by atoms with van der Waals surface area (Å²) < 4.78 is 6.76. The Hall–Kier alpha value is -8.46. The van der Waals surface area contributed by atoms with Gasteiger partial charge in [0.25, 0.3) is 0 Å². The molecule has 0 atom stereocenters. The average molecular weight is 814 g/mol. The molecule has 12 aromatic carbocycles. The van der Waals surface area contributed by atoms with Crippen LogP contribution in [-0.2, 0) is 0 Å². The van der Waals surface area contributed by atoms with Gasteiger partial charge in [-0.1, -0.05) is 176 Å². The first-order valence-electron chi connectivity index (χ1n) is 22.0. The van der Waals surface area contributed by atoms with E-state index in [4.69, 9.17) is 4.42 Å². The van der Waals surface area contributed by atoms with Crippen molar-refractivity contribution in [2.45, 2.75) is 0 Å². The number of fused-ring (bicyclic) bond motifs is 9. The van der Waals surface area contributed by atoms with Crippen molar-refractivity contribution < 1.29 is 4.42 Å². The summed E-state index contributed by atoms with van der Waals surface area (Å²) in [5.41, 5.74) is 12.0. The van der Waals surface area contributed by atoms with E-state index in [1.807, 2.05) is 0 Å². The van der Waals surface area contributed by atoms with Crippen LogP contribution < -0.4 is 4.90 Å². The number of anilines is 3. The van der Waals surface area contributed by atoms with Crippen LogP contribution in [0.5, 0.6) is 0 Å². The Morgan fingerprint density at radius 1 is 0.266 bits per heavy atom. The zero-order valence-electron chi connectivity index (χ0n) is 34.9. The molecule has 2 heteroatoms. The van der Waals surface area contributed by atoms with E-state index in [0.29, 0.717) is 0 Å². The molecule has 13 aromatic rings. The Morgan fingerprint density at radius 3 is 1.67 bits per heavy atom. The van der Waals surface area contributed by atoms with Crippen molar-refractivity contribution in [3.05, 3.63) is 237 Å². The van der Waals surface area contributed by atoms with Crippen LogP contribution in [0.2, 0.25) is 0 Å². The molecule has 0 saturated heterocycles. The van der Waals surface area contributed by atoms with E-state index in [-0.39, 0.29) is 0 Å². The van der Waals surface area contributed by atoms with E-state index in [9.17, 15) is 0 Å². The molecule has 13 rings (SSSR count). The van der Waals surface area contributed by atoms with Gasteiger partial charge in [-0.2, -0.15) is 0 Å². The predicted molar refractivity (Wildman–Crippen MR) is 272 cm³/mol. The molecule has 0 fully saturated rings. The molecule has 64 heavy (non-hydrogen) atoms. The molecule has 1 aromatic heterocycles. The van der Waals surface area contributed by atoms with Crippen molar-refractivity contribution in [3.63, 3.8) is 0 Å². The van der Waals surface area contributed by atoms with Crippen LogP contribution >= 0.6 is 0 Å². The highest BCUT2D eigenvalue weighted by Gasteiger charge is 2.23. The lowest BCUT2D eigenvalue weighted by Gasteiger charge is -2.29. The highest BCUT2D eigenvalue weighted by atomic mass is 16.3. The molecule has 2 nitrogen and oxygen atoms in total. The van der Waals surface area contributed by atoms with Gasteiger partial charge < -0.3 is 9.32 Å². The third kappa shape index (κ3) is 5.88. The van der Waals surface area contributed by atoms with E-state index in [0.717, 1.165) is 50.0 Å². The molecule has 0 aliphatic carbocycles. The van der Waals surface area contributed by atoms with Crippen LogP contribution in [0.15, 0.2) is 241 Å². The highest BCUT2D eigenvalue weighted by molar-refractivity contribution is 6.19. The zero-order valence-corrected chi connectivity index (χ0v) is 34.9. The van der Waals surface area contributed by atoms with Crippen molar-refractivity contribution in [1.29, 1.82) is 0 Å². The Kier molecular flexibility index (Phi) is 8.25. The SMILES string of the molecule is c1ccc(-c2ccc(N(c3cc(-c4cc5ccccc5c5ccccc45)c4ccccc4c3)c3cccc4oc5cc6ccccc6cc5c34)cc2-c2ccc3ccccc3c2)cc1. The lowest BCUT2D eigenvalue weighted by Crippen LogP contribution is -2.11. The summed E-state index contributed by atoms with van der Waals surface area (Å²) in [6.07, 6.45) is 0. The Bertz CT molecular complexity index is 3970. The van der Waals surface area contributed by atoms with E-state index in [2.05, 4.69) is 241 Å². The van der Waals surface area contributed by atoms with Gasteiger partial charge in [-0.3, -0.25) is 0 Å². The van der Waals surface area contributed by atoms with Crippen LogP contribution in [0.1, 0.15) is 0 Å².